The zero-order valence-electron chi connectivity index (χ0n) is 13.9. The van der Waals surface area contributed by atoms with Crippen LogP contribution in [0.3, 0.4) is 0 Å². The van der Waals surface area contributed by atoms with Crippen molar-refractivity contribution in [1.82, 2.24) is 10.2 Å². The summed E-state index contributed by atoms with van der Waals surface area (Å²) < 4.78 is 0. The highest BCUT2D eigenvalue weighted by Gasteiger charge is 2.26. The van der Waals surface area contributed by atoms with E-state index >= 15 is 0 Å². The van der Waals surface area contributed by atoms with E-state index in [-0.39, 0.29) is 0 Å². The topological polar surface area (TPSA) is 27.6 Å². The first-order chi connectivity index (χ1) is 11.3. The van der Waals surface area contributed by atoms with Crippen molar-refractivity contribution in [3.05, 3.63) is 58.3 Å². The lowest BCUT2D eigenvalue weighted by molar-refractivity contribution is 0.483. The van der Waals surface area contributed by atoms with Crippen LogP contribution in [-0.4, -0.2) is 37.5 Å². The molecule has 122 valence electrons. The van der Waals surface area contributed by atoms with Crippen molar-refractivity contribution in [2.45, 2.75) is 25.2 Å². The van der Waals surface area contributed by atoms with Gasteiger partial charge in [0.2, 0.25) is 0 Å². The number of guanidine groups is 1. The Bertz CT molecular complexity index is 621. The maximum absolute atomic E-state index is 4.49. The minimum atomic E-state index is 0.513. The van der Waals surface area contributed by atoms with E-state index in [1.807, 2.05) is 18.4 Å². The molecule has 2 aromatic rings. The van der Waals surface area contributed by atoms with Gasteiger partial charge in [-0.1, -0.05) is 43.3 Å². The van der Waals surface area contributed by atoms with Crippen molar-refractivity contribution in [3.8, 4) is 0 Å². The molecule has 1 fully saturated rings. The highest BCUT2D eigenvalue weighted by Crippen LogP contribution is 2.27. The molecule has 1 aliphatic heterocycles. The Morgan fingerprint density at radius 2 is 2.13 bits per heavy atom. The molecule has 0 spiro atoms. The maximum atomic E-state index is 4.49. The minimum absolute atomic E-state index is 0.513. The number of aliphatic imine (C=N–C) groups is 1. The van der Waals surface area contributed by atoms with Gasteiger partial charge in [0.15, 0.2) is 5.96 Å². The van der Waals surface area contributed by atoms with E-state index < -0.39 is 0 Å². The number of benzene rings is 1. The molecule has 0 aliphatic carbocycles. The third-order valence-corrected chi connectivity index (χ3v) is 5.67. The van der Waals surface area contributed by atoms with Gasteiger partial charge in [-0.15, -0.1) is 11.3 Å². The van der Waals surface area contributed by atoms with Crippen LogP contribution in [-0.2, 0) is 0 Å². The van der Waals surface area contributed by atoms with E-state index in [0.29, 0.717) is 11.8 Å². The molecule has 23 heavy (non-hydrogen) atoms. The van der Waals surface area contributed by atoms with Crippen LogP contribution in [0.25, 0.3) is 0 Å². The van der Waals surface area contributed by atoms with Crippen molar-refractivity contribution in [1.29, 1.82) is 0 Å². The molecule has 2 atom stereocenters. The van der Waals surface area contributed by atoms with Crippen molar-refractivity contribution < 1.29 is 0 Å². The van der Waals surface area contributed by atoms with Gasteiger partial charge in [-0.05, 0) is 23.4 Å². The number of nitrogens with zero attached hydrogens (tertiary/aromatic N) is 2. The predicted molar refractivity (Wildman–Crippen MR) is 99.5 cm³/mol. The van der Waals surface area contributed by atoms with Gasteiger partial charge in [0, 0.05) is 43.4 Å². The SMILES string of the molecule is CN=C(NCC(C)c1cccs1)N1CCC(c2ccccc2)C1. The number of nitrogens with one attached hydrogen (secondary N) is 1. The van der Waals surface area contributed by atoms with Crippen LogP contribution < -0.4 is 5.32 Å². The molecule has 3 rings (SSSR count). The third kappa shape index (κ3) is 3.94. The molecule has 0 radical (unpaired) electrons. The Hall–Kier alpha value is -1.81. The Morgan fingerprint density at radius 1 is 1.30 bits per heavy atom. The molecule has 0 amide bonds. The zero-order chi connectivity index (χ0) is 16.1. The lowest BCUT2D eigenvalue weighted by atomic mass is 9.99. The summed E-state index contributed by atoms with van der Waals surface area (Å²) in [5.74, 6) is 2.16. The molecule has 1 aliphatic rings. The second kappa shape index (κ2) is 7.64. The van der Waals surface area contributed by atoms with Crippen molar-refractivity contribution in [2.75, 3.05) is 26.7 Å². The average molecular weight is 327 g/mol. The molecule has 4 heteroatoms. The Kier molecular flexibility index (Phi) is 5.34. The van der Waals surface area contributed by atoms with Crippen LogP contribution in [0.15, 0.2) is 52.8 Å². The van der Waals surface area contributed by atoms with E-state index in [1.54, 1.807) is 0 Å². The maximum Gasteiger partial charge on any atom is 0.193 e. The van der Waals surface area contributed by atoms with Gasteiger partial charge in [-0.25, -0.2) is 0 Å². The van der Waals surface area contributed by atoms with Crippen molar-refractivity contribution in [3.63, 3.8) is 0 Å². The highest BCUT2D eigenvalue weighted by atomic mass is 32.1. The van der Waals surface area contributed by atoms with Gasteiger partial charge in [0.25, 0.3) is 0 Å². The fraction of sp³-hybridized carbons (Fsp3) is 0.421. The van der Waals surface area contributed by atoms with E-state index in [4.69, 9.17) is 0 Å². The zero-order valence-corrected chi connectivity index (χ0v) is 14.7. The molecule has 1 aromatic heterocycles. The van der Waals surface area contributed by atoms with Gasteiger partial charge >= 0.3 is 0 Å². The highest BCUT2D eigenvalue weighted by molar-refractivity contribution is 7.10. The summed E-state index contributed by atoms with van der Waals surface area (Å²) in [6.45, 7) is 5.33. The number of hydrogen-bond acceptors (Lipinski definition) is 2. The number of hydrogen-bond donors (Lipinski definition) is 1. The molecule has 1 saturated heterocycles. The fourth-order valence-electron chi connectivity index (χ4n) is 3.20. The molecular formula is C19H25N3S. The van der Waals surface area contributed by atoms with Crippen LogP contribution in [0.2, 0.25) is 0 Å². The Balaban J connectivity index is 1.55. The predicted octanol–water partition coefficient (Wildman–Crippen LogP) is 3.92. The van der Waals surface area contributed by atoms with Crippen molar-refractivity contribution in [2.24, 2.45) is 4.99 Å². The quantitative estimate of drug-likeness (QED) is 0.681. The van der Waals surface area contributed by atoms with Crippen LogP contribution in [0.4, 0.5) is 0 Å². The smallest absolute Gasteiger partial charge is 0.193 e. The minimum Gasteiger partial charge on any atom is -0.356 e. The van der Waals surface area contributed by atoms with Gasteiger partial charge in [-0.3, -0.25) is 4.99 Å². The lowest BCUT2D eigenvalue weighted by Crippen LogP contribution is -2.41. The average Bonchev–Trinajstić information content (AvgIpc) is 3.28. The van der Waals surface area contributed by atoms with Crippen LogP contribution in [0, 0.1) is 0 Å². The Labute approximate surface area is 143 Å². The summed E-state index contributed by atoms with van der Waals surface area (Å²) in [6, 6.07) is 15.2. The summed E-state index contributed by atoms with van der Waals surface area (Å²) in [7, 11) is 1.88. The van der Waals surface area contributed by atoms with Crippen LogP contribution >= 0.6 is 11.3 Å². The normalized spacial score (nSPS) is 19.8. The summed E-state index contributed by atoms with van der Waals surface area (Å²) in [6.07, 6.45) is 1.20. The number of rotatable bonds is 4. The molecule has 1 aromatic carbocycles. The second-order valence-corrected chi connectivity index (χ2v) is 7.17. The third-order valence-electron chi connectivity index (χ3n) is 4.57. The molecule has 1 N–H and O–H groups in total. The largest absolute Gasteiger partial charge is 0.356 e. The van der Waals surface area contributed by atoms with E-state index in [2.05, 4.69) is 70.0 Å². The lowest BCUT2D eigenvalue weighted by Gasteiger charge is -2.23. The van der Waals surface area contributed by atoms with Gasteiger partial charge in [-0.2, -0.15) is 0 Å². The molecule has 0 bridgehead atoms. The summed E-state index contributed by atoms with van der Waals surface area (Å²) in [5, 5.41) is 5.70. The monoisotopic (exact) mass is 327 g/mol. The molecular weight excluding hydrogens is 302 g/mol. The molecule has 0 saturated carbocycles. The van der Waals surface area contributed by atoms with Crippen LogP contribution in [0.5, 0.6) is 0 Å². The standard InChI is InChI=1S/C19H25N3S/c1-15(18-9-6-12-23-18)13-21-19(20-2)22-11-10-17(14-22)16-7-4-3-5-8-16/h3-9,12,15,17H,10-11,13-14H2,1-2H3,(H,20,21). The van der Waals surface area contributed by atoms with E-state index in [9.17, 15) is 0 Å². The number of thiophene rings is 1. The molecule has 2 unspecified atom stereocenters. The van der Waals surface area contributed by atoms with Gasteiger partial charge < -0.3 is 10.2 Å². The summed E-state index contributed by atoms with van der Waals surface area (Å²) in [4.78, 5) is 8.30. The van der Waals surface area contributed by atoms with Crippen molar-refractivity contribution >= 4 is 17.3 Å². The first-order valence-corrected chi connectivity index (χ1v) is 9.20. The van der Waals surface area contributed by atoms with E-state index in [1.165, 1.54) is 16.9 Å². The second-order valence-electron chi connectivity index (χ2n) is 6.19. The number of likely N-dealkylation sites (tertiary alicyclic amines) is 1. The fourth-order valence-corrected chi connectivity index (χ4v) is 3.99. The molecule has 3 nitrogen and oxygen atoms in total. The van der Waals surface area contributed by atoms with Gasteiger partial charge in [0.1, 0.15) is 0 Å². The summed E-state index contributed by atoms with van der Waals surface area (Å²) in [5.41, 5.74) is 1.44. The van der Waals surface area contributed by atoms with Gasteiger partial charge in [0.05, 0.1) is 0 Å². The first-order valence-electron chi connectivity index (χ1n) is 8.32. The Morgan fingerprint density at radius 3 is 2.83 bits per heavy atom. The molecule has 2 heterocycles. The van der Waals surface area contributed by atoms with E-state index in [0.717, 1.165) is 25.6 Å². The van der Waals surface area contributed by atoms with Crippen LogP contribution in [0.1, 0.15) is 35.6 Å². The summed E-state index contributed by atoms with van der Waals surface area (Å²) >= 11 is 1.83. The first kappa shape index (κ1) is 16.1.